The maximum absolute atomic E-state index is 13.1. The Morgan fingerprint density at radius 1 is 0.545 bits per heavy atom. The van der Waals surface area contributed by atoms with Crippen molar-refractivity contribution >= 4 is 46.7 Å². The second kappa shape index (κ2) is 13.0. The topological polar surface area (TPSA) is 59.1 Å². The molecule has 0 N–H and O–H groups in total. The van der Waals surface area contributed by atoms with Gasteiger partial charge in [0, 0.05) is 11.4 Å². The lowest BCUT2D eigenvalue weighted by Crippen LogP contribution is -2.30. The van der Waals surface area contributed by atoms with Crippen LogP contribution in [0.3, 0.4) is 0 Å². The number of ether oxygens (including phenoxy) is 2. The van der Waals surface area contributed by atoms with Gasteiger partial charge in [0.1, 0.15) is 22.2 Å². The van der Waals surface area contributed by atoms with E-state index in [-0.39, 0.29) is 33.1 Å². The van der Waals surface area contributed by atoms with Gasteiger partial charge in [0.05, 0.1) is 24.7 Å². The van der Waals surface area contributed by atoms with E-state index in [1.165, 1.54) is 11.1 Å². The lowest BCUT2D eigenvalue weighted by Gasteiger charge is -2.25. The molecule has 6 nitrogen and oxygen atoms in total. The van der Waals surface area contributed by atoms with Crippen LogP contribution >= 0.6 is 23.5 Å². The molecule has 4 aromatic rings. The number of carbonyl (C=O) groups is 2. The summed E-state index contributed by atoms with van der Waals surface area (Å²) in [5.41, 5.74) is 6.42. The first-order valence-electron chi connectivity index (χ1n) is 14.8. The Kier molecular flexibility index (Phi) is 8.91. The summed E-state index contributed by atoms with van der Waals surface area (Å²) in [5, 5.41) is -0.343. The van der Waals surface area contributed by atoms with Crippen LogP contribution in [0.2, 0.25) is 0 Å². The normalized spacial score (nSPS) is 21.6. The lowest BCUT2D eigenvalue weighted by molar-refractivity contribution is -0.118. The molecule has 226 valence electrons. The first-order valence-corrected chi connectivity index (χ1v) is 16.7. The highest BCUT2D eigenvalue weighted by Crippen LogP contribution is 2.47. The molecule has 6 rings (SSSR count). The van der Waals surface area contributed by atoms with E-state index >= 15 is 0 Å². The Morgan fingerprint density at radius 3 is 1.20 bits per heavy atom. The van der Waals surface area contributed by atoms with Crippen molar-refractivity contribution in [3.63, 3.8) is 0 Å². The van der Waals surface area contributed by atoms with Crippen LogP contribution in [0, 0.1) is 0 Å². The Labute approximate surface area is 267 Å². The zero-order valence-corrected chi connectivity index (χ0v) is 26.9. The van der Waals surface area contributed by atoms with Crippen molar-refractivity contribution in [1.82, 2.24) is 0 Å². The number of rotatable bonds is 9. The molecule has 0 unspecified atom stereocenters. The van der Waals surface area contributed by atoms with Crippen molar-refractivity contribution < 1.29 is 19.1 Å². The van der Waals surface area contributed by atoms with Crippen LogP contribution in [-0.4, -0.2) is 36.5 Å². The van der Waals surface area contributed by atoms with Crippen molar-refractivity contribution in [2.45, 2.75) is 47.9 Å². The van der Waals surface area contributed by atoms with Crippen LogP contribution in [-0.2, 0) is 22.4 Å². The minimum Gasteiger partial charge on any atom is -0.497 e. The van der Waals surface area contributed by atoms with Crippen molar-refractivity contribution in [2.75, 3.05) is 24.0 Å². The third kappa shape index (κ3) is 6.06. The summed E-state index contributed by atoms with van der Waals surface area (Å²) < 4.78 is 10.6. The van der Waals surface area contributed by atoms with Crippen LogP contribution in [0.15, 0.2) is 97.1 Å². The number of benzene rings is 4. The van der Waals surface area contributed by atoms with Gasteiger partial charge in [-0.1, -0.05) is 48.5 Å². The van der Waals surface area contributed by atoms with E-state index in [2.05, 4.69) is 48.5 Å². The Balaban J connectivity index is 1.12. The van der Waals surface area contributed by atoms with E-state index in [0.29, 0.717) is 0 Å². The van der Waals surface area contributed by atoms with E-state index < -0.39 is 0 Å². The summed E-state index contributed by atoms with van der Waals surface area (Å²) in [7, 11) is 3.31. The molecule has 2 aliphatic heterocycles. The molecule has 0 aliphatic carbocycles. The fourth-order valence-corrected chi connectivity index (χ4v) is 8.26. The van der Waals surface area contributed by atoms with Crippen LogP contribution in [0.4, 0.5) is 11.4 Å². The Morgan fingerprint density at radius 2 is 0.886 bits per heavy atom. The minimum atomic E-state index is -0.103. The molecule has 4 aromatic carbocycles. The van der Waals surface area contributed by atoms with E-state index in [4.69, 9.17) is 9.47 Å². The molecule has 44 heavy (non-hydrogen) atoms. The van der Waals surface area contributed by atoms with E-state index in [1.54, 1.807) is 37.7 Å². The lowest BCUT2D eigenvalue weighted by atomic mass is 10.0. The van der Waals surface area contributed by atoms with Gasteiger partial charge in [-0.05, 0) is 97.5 Å². The molecule has 2 heterocycles. The maximum atomic E-state index is 13.1. The summed E-state index contributed by atoms with van der Waals surface area (Å²) in [6, 6.07) is 32.6. The zero-order valence-electron chi connectivity index (χ0n) is 25.3. The molecular formula is C36H36N2O4S2. The Bertz CT molecular complexity index is 1490. The smallest absolute Gasteiger partial charge is 0.241 e. The van der Waals surface area contributed by atoms with Crippen LogP contribution in [0.25, 0.3) is 0 Å². The third-order valence-corrected chi connectivity index (χ3v) is 10.9. The predicted molar refractivity (Wildman–Crippen MR) is 181 cm³/mol. The first-order chi connectivity index (χ1) is 21.4. The summed E-state index contributed by atoms with van der Waals surface area (Å²) >= 11 is 3.34. The van der Waals surface area contributed by atoms with Gasteiger partial charge in [0.15, 0.2) is 0 Å². The average molecular weight is 625 g/mol. The maximum Gasteiger partial charge on any atom is 0.241 e. The van der Waals surface area contributed by atoms with Gasteiger partial charge in [-0.3, -0.25) is 19.4 Å². The predicted octanol–water partition coefficient (Wildman–Crippen LogP) is 7.82. The molecule has 2 fully saturated rings. The monoisotopic (exact) mass is 624 g/mol. The average Bonchev–Trinajstić information content (AvgIpc) is 3.54. The second-order valence-electron chi connectivity index (χ2n) is 11.1. The number of nitrogens with zero attached hydrogens (tertiary/aromatic N) is 2. The molecule has 0 radical (unpaired) electrons. The number of hydrogen-bond acceptors (Lipinski definition) is 6. The first kappa shape index (κ1) is 30.2. The second-order valence-corrected chi connectivity index (χ2v) is 13.9. The summed E-state index contributed by atoms with van der Waals surface area (Å²) in [6.45, 7) is 3.95. The number of anilines is 2. The highest BCUT2D eigenvalue weighted by Gasteiger charge is 2.40. The highest BCUT2D eigenvalue weighted by atomic mass is 32.2. The SMILES string of the molecule is COc1ccc([C@@H]2S[C@@H](C)C(=O)N2c2ccc(CCc3ccc(N4C(=O)[C@H](C)S[C@H]4c4ccc(OC)cc4)cc3)cc2)cc1. The number of aryl methyl sites for hydroxylation is 2. The van der Waals surface area contributed by atoms with E-state index in [9.17, 15) is 9.59 Å². The van der Waals surface area contributed by atoms with Crippen molar-refractivity contribution in [3.05, 3.63) is 119 Å². The third-order valence-electron chi connectivity index (χ3n) is 8.24. The van der Waals surface area contributed by atoms with Crippen molar-refractivity contribution in [2.24, 2.45) is 0 Å². The fraction of sp³-hybridized carbons (Fsp3) is 0.278. The van der Waals surface area contributed by atoms with Gasteiger partial charge in [-0.15, -0.1) is 23.5 Å². The number of hydrogen-bond donors (Lipinski definition) is 0. The number of amides is 2. The molecule has 0 spiro atoms. The van der Waals surface area contributed by atoms with E-state index in [0.717, 1.165) is 46.8 Å². The molecular weight excluding hydrogens is 589 g/mol. The van der Waals surface area contributed by atoms with Gasteiger partial charge >= 0.3 is 0 Å². The standard InChI is InChI=1S/C36H36N2O4S2/c1-23-33(39)37(35(43-23)27-11-19-31(41-3)20-12-27)29-15-7-25(8-16-29)5-6-26-9-17-30(18-10-26)38-34(40)24(2)44-36(38)28-13-21-32(42-4)22-14-28/h7-24,35-36H,5-6H2,1-4H3/t23-,24-,35-,36-/m0/s1. The largest absolute Gasteiger partial charge is 0.497 e. The number of thioether (sulfide) groups is 2. The molecule has 0 saturated carbocycles. The number of carbonyl (C=O) groups excluding carboxylic acids is 2. The summed E-state index contributed by atoms with van der Waals surface area (Å²) in [5.74, 6) is 1.86. The van der Waals surface area contributed by atoms with Gasteiger partial charge in [0.25, 0.3) is 0 Å². The van der Waals surface area contributed by atoms with Crippen molar-refractivity contribution in [3.8, 4) is 11.5 Å². The molecule has 0 bridgehead atoms. The van der Waals surface area contributed by atoms with Gasteiger partial charge in [0.2, 0.25) is 11.8 Å². The molecule has 2 saturated heterocycles. The fourth-order valence-electron chi connectivity index (χ4n) is 5.70. The van der Waals surface area contributed by atoms with Crippen LogP contribution in [0.5, 0.6) is 11.5 Å². The molecule has 8 heteroatoms. The molecule has 4 atom stereocenters. The number of methoxy groups -OCH3 is 2. The van der Waals surface area contributed by atoms with E-state index in [1.807, 2.05) is 72.2 Å². The molecule has 2 aliphatic rings. The highest BCUT2D eigenvalue weighted by molar-refractivity contribution is 8.01. The Hall–Kier alpha value is -3.88. The summed E-state index contributed by atoms with van der Waals surface area (Å²) in [6.07, 6.45) is 1.76. The van der Waals surface area contributed by atoms with Gasteiger partial charge in [-0.25, -0.2) is 0 Å². The quantitative estimate of drug-likeness (QED) is 0.189. The van der Waals surface area contributed by atoms with Crippen LogP contribution in [0.1, 0.15) is 46.8 Å². The van der Waals surface area contributed by atoms with Gasteiger partial charge in [-0.2, -0.15) is 0 Å². The molecule has 2 amide bonds. The van der Waals surface area contributed by atoms with Crippen molar-refractivity contribution in [1.29, 1.82) is 0 Å². The zero-order chi connectivity index (χ0) is 30.8. The summed E-state index contributed by atoms with van der Waals surface area (Å²) in [4.78, 5) is 30.1. The van der Waals surface area contributed by atoms with Crippen LogP contribution < -0.4 is 19.3 Å². The minimum absolute atomic E-state index is 0.0686. The van der Waals surface area contributed by atoms with Gasteiger partial charge < -0.3 is 9.47 Å². The molecule has 0 aromatic heterocycles.